The van der Waals surface area contributed by atoms with Crippen molar-refractivity contribution in [3.63, 3.8) is 0 Å². The van der Waals surface area contributed by atoms with Gasteiger partial charge in [-0.3, -0.25) is 14.5 Å². The molecule has 5 nitrogen and oxygen atoms in total. The van der Waals surface area contributed by atoms with E-state index in [1.54, 1.807) is 42.5 Å². The van der Waals surface area contributed by atoms with Crippen LogP contribution in [0.5, 0.6) is 5.75 Å². The molecule has 2 N–H and O–H groups in total. The molecule has 6 heteroatoms. The summed E-state index contributed by atoms with van der Waals surface area (Å²) in [5.74, 6) is -2.60. The van der Waals surface area contributed by atoms with Gasteiger partial charge >= 0.3 is 0 Å². The van der Waals surface area contributed by atoms with E-state index < -0.39 is 23.5 Å². The summed E-state index contributed by atoms with van der Waals surface area (Å²) in [6, 6.07) is 18.7. The number of phenols is 1. The number of nitrogens with zero attached hydrogens (tertiary/aromatic N) is 1. The van der Waals surface area contributed by atoms with Crippen LogP contribution >= 0.6 is 0 Å². The number of Topliss-reactive ketones (excluding diaryl/α,β-unsaturated/α-hetero) is 1. The molecule has 0 aromatic heterocycles. The highest BCUT2D eigenvalue weighted by atomic mass is 19.1. The van der Waals surface area contributed by atoms with Gasteiger partial charge in [0.05, 0.1) is 11.6 Å². The number of aliphatic hydroxyl groups excluding tert-OH is 1. The Balaban J connectivity index is 1.96. The molecule has 29 heavy (non-hydrogen) atoms. The maximum absolute atomic E-state index is 13.8. The minimum atomic E-state index is -0.974. The number of rotatable bonds is 3. The van der Waals surface area contributed by atoms with E-state index in [0.29, 0.717) is 11.1 Å². The van der Waals surface area contributed by atoms with Gasteiger partial charge in [-0.25, -0.2) is 4.39 Å². The highest BCUT2D eigenvalue weighted by Gasteiger charge is 2.47. The molecule has 1 saturated heterocycles. The number of hydrogen-bond acceptors (Lipinski definition) is 4. The first-order chi connectivity index (χ1) is 14.0. The number of aromatic hydroxyl groups is 1. The number of amides is 1. The Morgan fingerprint density at radius 1 is 0.897 bits per heavy atom. The molecule has 3 aromatic rings. The van der Waals surface area contributed by atoms with Crippen molar-refractivity contribution in [1.82, 2.24) is 0 Å². The van der Waals surface area contributed by atoms with Gasteiger partial charge < -0.3 is 10.2 Å². The standard InChI is InChI=1S/C23H16FNO4/c24-16-7-4-8-17(13-16)25-20(14-9-11-18(26)12-10-14)19(22(28)23(25)29)21(27)15-5-2-1-3-6-15/h1-13,20,26-27H/b21-19+. The Hall–Kier alpha value is -3.93. The fraction of sp³-hybridized carbons (Fsp3) is 0.0435. The third-order valence-corrected chi connectivity index (χ3v) is 4.79. The van der Waals surface area contributed by atoms with Crippen LogP contribution in [0.15, 0.2) is 84.4 Å². The first kappa shape index (κ1) is 18.4. The zero-order chi connectivity index (χ0) is 20.5. The van der Waals surface area contributed by atoms with Crippen LogP contribution in [0, 0.1) is 5.82 Å². The highest BCUT2D eigenvalue weighted by Crippen LogP contribution is 2.42. The molecule has 1 amide bonds. The molecule has 1 atom stereocenters. The molecule has 1 aliphatic rings. The van der Waals surface area contributed by atoms with E-state index in [-0.39, 0.29) is 22.8 Å². The van der Waals surface area contributed by atoms with Gasteiger partial charge in [0.25, 0.3) is 11.7 Å². The molecule has 144 valence electrons. The third-order valence-electron chi connectivity index (χ3n) is 4.79. The molecule has 0 spiro atoms. The first-order valence-electron chi connectivity index (χ1n) is 8.88. The van der Waals surface area contributed by atoms with Crippen LogP contribution in [0.2, 0.25) is 0 Å². The van der Waals surface area contributed by atoms with Crippen molar-refractivity contribution < 1.29 is 24.2 Å². The SMILES string of the molecule is O=C1C(=O)N(c2cccc(F)c2)C(c2ccc(O)cc2)/C1=C(\O)c1ccccc1. The molecule has 1 aliphatic heterocycles. The van der Waals surface area contributed by atoms with E-state index in [0.717, 1.165) is 11.0 Å². The summed E-state index contributed by atoms with van der Waals surface area (Å²) in [7, 11) is 0. The predicted molar refractivity (Wildman–Crippen MR) is 106 cm³/mol. The molecule has 1 unspecified atom stereocenters. The van der Waals surface area contributed by atoms with Gasteiger partial charge in [0.1, 0.15) is 17.3 Å². The lowest BCUT2D eigenvalue weighted by Gasteiger charge is -2.25. The van der Waals surface area contributed by atoms with Crippen molar-refractivity contribution in [2.24, 2.45) is 0 Å². The maximum atomic E-state index is 13.8. The molecular formula is C23H16FNO4. The summed E-state index contributed by atoms with van der Waals surface area (Å²) in [5.41, 5.74) is 0.964. The monoisotopic (exact) mass is 389 g/mol. The Kier molecular flexibility index (Phi) is 4.60. The molecule has 3 aromatic carbocycles. The summed E-state index contributed by atoms with van der Waals surface area (Å²) in [4.78, 5) is 26.9. The highest BCUT2D eigenvalue weighted by molar-refractivity contribution is 6.51. The normalized spacial score (nSPS) is 18.2. The average molecular weight is 389 g/mol. The fourth-order valence-corrected chi connectivity index (χ4v) is 3.45. The minimum Gasteiger partial charge on any atom is -0.508 e. The number of halogens is 1. The van der Waals surface area contributed by atoms with E-state index in [1.807, 2.05) is 0 Å². The van der Waals surface area contributed by atoms with Gasteiger partial charge in [-0.15, -0.1) is 0 Å². The van der Waals surface area contributed by atoms with E-state index in [1.165, 1.54) is 30.3 Å². The summed E-state index contributed by atoms with van der Waals surface area (Å²) in [6.45, 7) is 0. The summed E-state index contributed by atoms with van der Waals surface area (Å²) in [5, 5.41) is 20.5. The lowest BCUT2D eigenvalue weighted by molar-refractivity contribution is -0.132. The van der Waals surface area contributed by atoms with E-state index >= 15 is 0 Å². The third kappa shape index (κ3) is 3.25. The Labute approximate surface area is 166 Å². The molecule has 0 saturated carbocycles. The van der Waals surface area contributed by atoms with E-state index in [4.69, 9.17) is 0 Å². The Morgan fingerprint density at radius 2 is 1.59 bits per heavy atom. The van der Waals surface area contributed by atoms with Gasteiger partial charge in [-0.2, -0.15) is 0 Å². The average Bonchev–Trinajstić information content (AvgIpc) is 2.99. The Bertz CT molecular complexity index is 1120. The molecular weight excluding hydrogens is 373 g/mol. The zero-order valence-electron chi connectivity index (χ0n) is 15.1. The second-order valence-electron chi connectivity index (χ2n) is 6.61. The lowest BCUT2D eigenvalue weighted by Crippen LogP contribution is -2.29. The number of aliphatic hydroxyl groups is 1. The number of hydrogen-bond donors (Lipinski definition) is 2. The van der Waals surface area contributed by atoms with Crippen LogP contribution in [0.1, 0.15) is 17.2 Å². The van der Waals surface area contributed by atoms with Crippen molar-refractivity contribution in [3.8, 4) is 5.75 Å². The Morgan fingerprint density at radius 3 is 2.24 bits per heavy atom. The molecule has 1 fully saturated rings. The number of carbonyl (C=O) groups is 2. The zero-order valence-corrected chi connectivity index (χ0v) is 15.1. The van der Waals surface area contributed by atoms with Gasteiger partial charge in [-0.1, -0.05) is 48.5 Å². The van der Waals surface area contributed by atoms with Crippen molar-refractivity contribution in [2.45, 2.75) is 6.04 Å². The summed E-state index contributed by atoms with van der Waals surface area (Å²) >= 11 is 0. The first-order valence-corrected chi connectivity index (χ1v) is 8.88. The maximum Gasteiger partial charge on any atom is 0.300 e. The second-order valence-corrected chi connectivity index (χ2v) is 6.61. The van der Waals surface area contributed by atoms with Gasteiger partial charge in [0.2, 0.25) is 0 Å². The largest absolute Gasteiger partial charge is 0.508 e. The van der Waals surface area contributed by atoms with Crippen LogP contribution in [-0.4, -0.2) is 21.9 Å². The second kappa shape index (κ2) is 7.24. The van der Waals surface area contributed by atoms with E-state index in [2.05, 4.69) is 0 Å². The number of ketones is 1. The quantitative estimate of drug-likeness (QED) is 0.401. The van der Waals surface area contributed by atoms with Crippen molar-refractivity contribution in [3.05, 3.63) is 101 Å². The van der Waals surface area contributed by atoms with Crippen molar-refractivity contribution >= 4 is 23.1 Å². The molecule has 1 heterocycles. The van der Waals surface area contributed by atoms with Crippen LogP contribution in [-0.2, 0) is 9.59 Å². The van der Waals surface area contributed by atoms with Gasteiger partial charge in [0.15, 0.2) is 0 Å². The number of benzene rings is 3. The number of phenolic OH excluding ortho intramolecular Hbond substituents is 1. The molecule has 0 bridgehead atoms. The lowest BCUT2D eigenvalue weighted by atomic mass is 9.95. The number of carbonyl (C=O) groups excluding carboxylic acids is 2. The van der Waals surface area contributed by atoms with Crippen LogP contribution in [0.4, 0.5) is 10.1 Å². The molecule has 4 rings (SSSR count). The number of anilines is 1. The molecule has 0 radical (unpaired) electrons. The summed E-state index contributed by atoms with van der Waals surface area (Å²) < 4.78 is 13.8. The van der Waals surface area contributed by atoms with Crippen LogP contribution < -0.4 is 4.90 Å². The van der Waals surface area contributed by atoms with Crippen molar-refractivity contribution in [1.29, 1.82) is 0 Å². The molecule has 0 aliphatic carbocycles. The van der Waals surface area contributed by atoms with Crippen LogP contribution in [0.3, 0.4) is 0 Å². The topological polar surface area (TPSA) is 77.8 Å². The predicted octanol–water partition coefficient (Wildman–Crippen LogP) is 4.16. The van der Waals surface area contributed by atoms with Crippen LogP contribution in [0.25, 0.3) is 5.76 Å². The van der Waals surface area contributed by atoms with Crippen molar-refractivity contribution in [2.75, 3.05) is 4.90 Å². The van der Waals surface area contributed by atoms with Gasteiger partial charge in [-0.05, 0) is 35.9 Å². The summed E-state index contributed by atoms with van der Waals surface area (Å²) in [6.07, 6.45) is 0. The van der Waals surface area contributed by atoms with E-state index in [9.17, 15) is 24.2 Å². The smallest absolute Gasteiger partial charge is 0.300 e. The van der Waals surface area contributed by atoms with Gasteiger partial charge in [0, 0.05) is 11.3 Å². The minimum absolute atomic E-state index is 0.0134. The fourth-order valence-electron chi connectivity index (χ4n) is 3.45.